The standard InChI is InChI=1S/C12H11F3O4S.C12H9F3O4S.C11H12O2.CH4.H2/c2*1-18-9-6-5-8-3-2-4-11(10(8)7-9)19-20(16,17)12(13,14)15;1-13-9-6-5-8-3-2-4-11(12)10(8)7-9;;/h4-7H,2-3H2,1H3;2-7H,1H3;5-7H,2-4H2,1H3;1H4;1H/i;;;;1+1D. The maximum Gasteiger partial charge on any atom is 0.534 e. The fourth-order valence-corrected chi connectivity index (χ4v) is 6.13. The summed E-state index contributed by atoms with van der Waals surface area (Å²) in [4.78, 5) is 11.5. The van der Waals surface area contributed by atoms with E-state index >= 15 is 0 Å². The lowest BCUT2D eigenvalue weighted by atomic mass is 9.91. The third-order valence-electron chi connectivity index (χ3n) is 7.81. The first kappa shape index (κ1) is 41.8. The van der Waals surface area contributed by atoms with Crippen LogP contribution in [0.4, 0.5) is 26.3 Å². The van der Waals surface area contributed by atoms with Crippen molar-refractivity contribution >= 4 is 42.6 Å². The molecule has 0 aromatic heterocycles. The fraction of sp³-hybridized carbons (Fsp3) is 0.306. The van der Waals surface area contributed by atoms with Crippen molar-refractivity contribution < 1.29 is 73.5 Å². The van der Waals surface area contributed by atoms with Gasteiger partial charge in [0.1, 0.15) is 23.0 Å². The summed E-state index contributed by atoms with van der Waals surface area (Å²) in [6.45, 7) is 0. The molecule has 2 aliphatic rings. The number of aryl methyl sites for hydroxylation is 2. The molecular weight excluding hydrogens is 771 g/mol. The molecule has 0 saturated carbocycles. The predicted molar refractivity (Wildman–Crippen MR) is 191 cm³/mol. The molecule has 6 rings (SSSR count). The second-order valence-electron chi connectivity index (χ2n) is 11.2. The van der Waals surface area contributed by atoms with Crippen molar-refractivity contribution in [2.24, 2.45) is 0 Å². The SMILES string of the molecule is C.COc1ccc2c(c1)C(=O)CCC2.COc1ccc2c(c1)C(OS(=O)(=O)C(F)(F)F)=CCC2.COc1ccc2cccc(OS(=O)(=O)C(F)(F)F)c2c1.[2H][2H]. The third kappa shape index (κ3) is 10.4. The highest BCUT2D eigenvalue weighted by Crippen LogP contribution is 2.36. The number of halogens is 6. The van der Waals surface area contributed by atoms with Crippen molar-refractivity contribution in [3.63, 3.8) is 0 Å². The monoisotopic (exact) mass is 810 g/mol. The first-order valence-corrected chi connectivity index (χ1v) is 18.3. The number of ether oxygens (including phenoxy) is 3. The second kappa shape index (κ2) is 17.4. The van der Waals surface area contributed by atoms with Crippen LogP contribution in [0.2, 0.25) is 0 Å². The lowest BCUT2D eigenvalue weighted by molar-refractivity contribution is -0.0511. The molecule has 4 aromatic carbocycles. The molecule has 0 unspecified atom stereocenters. The Balaban J connectivity index is 0.000000287. The summed E-state index contributed by atoms with van der Waals surface area (Å²) in [6, 6.07) is 19.3. The number of fused-ring (bicyclic) bond motifs is 3. The normalized spacial score (nSPS) is 14.1. The van der Waals surface area contributed by atoms with E-state index in [1.165, 1.54) is 38.5 Å². The Kier molecular flexibility index (Phi) is 13.5. The topological polar surface area (TPSA) is 132 Å². The van der Waals surface area contributed by atoms with Gasteiger partial charge in [-0.2, -0.15) is 43.2 Å². The Morgan fingerprint density at radius 3 is 1.74 bits per heavy atom. The fourth-order valence-electron chi connectivity index (χ4n) is 5.17. The van der Waals surface area contributed by atoms with Gasteiger partial charge in [-0.3, -0.25) is 4.79 Å². The Labute approximate surface area is 311 Å². The smallest absolute Gasteiger partial charge is 0.497 e. The van der Waals surface area contributed by atoms with Crippen molar-refractivity contribution in [1.82, 2.24) is 0 Å². The highest BCUT2D eigenvalue weighted by Gasteiger charge is 2.49. The van der Waals surface area contributed by atoms with Crippen LogP contribution < -0.4 is 18.4 Å². The van der Waals surface area contributed by atoms with E-state index in [-0.39, 0.29) is 24.4 Å². The number of methoxy groups -OCH3 is 3. The summed E-state index contributed by atoms with van der Waals surface area (Å²) in [5, 5.41) is 0.736. The van der Waals surface area contributed by atoms with Gasteiger partial charge < -0.3 is 22.6 Å². The van der Waals surface area contributed by atoms with Crippen molar-refractivity contribution in [2.75, 3.05) is 21.3 Å². The van der Waals surface area contributed by atoms with Gasteiger partial charge in [0.15, 0.2) is 11.5 Å². The molecule has 0 heterocycles. The van der Waals surface area contributed by atoms with Gasteiger partial charge in [0.2, 0.25) is 0 Å². The van der Waals surface area contributed by atoms with Crippen LogP contribution in [0.15, 0.2) is 78.9 Å². The van der Waals surface area contributed by atoms with E-state index in [1.807, 2.05) is 18.2 Å². The van der Waals surface area contributed by atoms with Crippen LogP contribution in [0, 0.1) is 0 Å². The van der Waals surface area contributed by atoms with Gasteiger partial charge in [0, 0.05) is 25.9 Å². The summed E-state index contributed by atoms with van der Waals surface area (Å²) in [7, 11) is -6.96. The summed E-state index contributed by atoms with van der Waals surface area (Å²) in [6.07, 6.45) is 5.01. The highest BCUT2D eigenvalue weighted by molar-refractivity contribution is 7.88. The zero-order valence-electron chi connectivity index (χ0n) is 30.2. The Morgan fingerprint density at radius 2 is 1.17 bits per heavy atom. The first-order valence-electron chi connectivity index (χ1n) is 16.5. The molecule has 10 nitrogen and oxygen atoms in total. The minimum absolute atomic E-state index is 0. The summed E-state index contributed by atoms with van der Waals surface area (Å²) in [5.74, 6) is 1.08. The molecule has 296 valence electrons. The molecule has 0 amide bonds. The number of carbonyl (C=O) groups excluding carboxylic acids is 1. The van der Waals surface area contributed by atoms with E-state index in [1.54, 1.807) is 37.4 Å². The number of hydrogen-bond donors (Lipinski definition) is 0. The number of alkyl halides is 6. The largest absolute Gasteiger partial charge is 0.534 e. The van der Waals surface area contributed by atoms with E-state index in [9.17, 15) is 48.0 Å². The second-order valence-corrected chi connectivity index (χ2v) is 14.3. The van der Waals surface area contributed by atoms with E-state index in [0.717, 1.165) is 35.8 Å². The Morgan fingerprint density at radius 1 is 0.648 bits per heavy atom. The molecule has 18 heteroatoms. The van der Waals surface area contributed by atoms with E-state index in [0.29, 0.717) is 47.3 Å². The Bertz CT molecular complexity index is 2230. The van der Waals surface area contributed by atoms with Crippen molar-refractivity contribution in [1.29, 1.82) is 0 Å². The summed E-state index contributed by atoms with van der Waals surface area (Å²) >= 11 is 0. The molecule has 0 spiro atoms. The molecule has 2 aliphatic carbocycles. The molecule has 4 aromatic rings. The van der Waals surface area contributed by atoms with Gasteiger partial charge in [0.05, 0.1) is 21.3 Å². The number of benzene rings is 4. The van der Waals surface area contributed by atoms with Crippen LogP contribution >= 0.6 is 0 Å². The summed E-state index contributed by atoms with van der Waals surface area (Å²) < 4.78 is 152. The van der Waals surface area contributed by atoms with Gasteiger partial charge in [-0.05, 0) is 90.7 Å². The highest BCUT2D eigenvalue weighted by atomic mass is 32.2. The Hall–Kier alpha value is -4.97. The lowest BCUT2D eigenvalue weighted by Gasteiger charge is -2.19. The van der Waals surface area contributed by atoms with Gasteiger partial charge >= 0.3 is 31.3 Å². The molecule has 0 fully saturated rings. The van der Waals surface area contributed by atoms with Crippen molar-refractivity contribution in [3.05, 3.63) is 101 Å². The molecule has 0 aliphatic heterocycles. The van der Waals surface area contributed by atoms with E-state index in [4.69, 9.17) is 17.2 Å². The van der Waals surface area contributed by atoms with Crippen LogP contribution in [0.25, 0.3) is 16.5 Å². The van der Waals surface area contributed by atoms with Gasteiger partial charge in [-0.1, -0.05) is 37.8 Å². The molecule has 0 N–H and O–H groups in total. The molecule has 0 radical (unpaired) electrons. The van der Waals surface area contributed by atoms with Crippen LogP contribution in [0.5, 0.6) is 23.0 Å². The molecule has 0 saturated heterocycles. The summed E-state index contributed by atoms with van der Waals surface area (Å²) in [5.41, 5.74) is -7.91. The van der Waals surface area contributed by atoms with Gasteiger partial charge in [-0.15, -0.1) is 0 Å². The molecule has 54 heavy (non-hydrogen) atoms. The van der Waals surface area contributed by atoms with Crippen LogP contribution in [0.1, 0.15) is 56.7 Å². The zero-order chi connectivity index (χ0) is 41.2. The number of ketones is 1. The number of Topliss-reactive ketones (excluding diaryl/α,β-unsaturated/α-hetero) is 1. The molecular formula is C36H38F6O10S2. The quantitative estimate of drug-likeness (QED) is 0.101. The average molecular weight is 811 g/mol. The van der Waals surface area contributed by atoms with Crippen molar-refractivity contribution in [2.45, 2.75) is 50.5 Å². The van der Waals surface area contributed by atoms with E-state index < -0.39 is 37.0 Å². The minimum atomic E-state index is -5.70. The van der Waals surface area contributed by atoms with Crippen LogP contribution in [0.3, 0.4) is 0 Å². The van der Waals surface area contributed by atoms with Gasteiger partial charge in [0.25, 0.3) is 0 Å². The average Bonchev–Trinajstić information content (AvgIpc) is 3.15. The van der Waals surface area contributed by atoms with Crippen molar-refractivity contribution in [3.8, 4) is 23.0 Å². The molecule has 0 bridgehead atoms. The maximum atomic E-state index is 12.3. The number of allylic oxidation sites excluding steroid dienone is 1. The van der Waals surface area contributed by atoms with Crippen LogP contribution in [-0.2, 0) is 37.3 Å². The lowest BCUT2D eigenvalue weighted by Crippen LogP contribution is -2.28. The zero-order valence-corrected chi connectivity index (χ0v) is 29.8. The molecule has 0 atom stereocenters. The first-order chi connectivity index (χ1) is 25.8. The van der Waals surface area contributed by atoms with E-state index in [2.05, 4.69) is 8.37 Å². The number of rotatable bonds is 7. The van der Waals surface area contributed by atoms with Crippen LogP contribution in [-0.4, -0.2) is 55.0 Å². The van der Waals surface area contributed by atoms with Gasteiger partial charge in [-0.25, -0.2) is 0 Å². The third-order valence-corrected chi connectivity index (χ3v) is 9.74. The number of hydrogen-bond acceptors (Lipinski definition) is 10. The maximum absolute atomic E-state index is 12.3. The number of carbonyl (C=O) groups is 1. The predicted octanol–water partition coefficient (Wildman–Crippen LogP) is 9.02. The minimum Gasteiger partial charge on any atom is -0.497 e.